The molecule has 53 heavy (non-hydrogen) atoms. The molecule has 0 atom stereocenters. The zero-order valence-electron chi connectivity index (χ0n) is 28.4. The fraction of sp³-hybridized carbons (Fsp3) is 0. The van der Waals surface area contributed by atoms with Crippen molar-refractivity contribution in [2.45, 2.75) is 0 Å². The van der Waals surface area contributed by atoms with E-state index in [4.69, 9.17) is 14.4 Å². The van der Waals surface area contributed by atoms with Crippen LogP contribution in [0.3, 0.4) is 0 Å². The van der Waals surface area contributed by atoms with Gasteiger partial charge in [0.05, 0.1) is 33.3 Å². The van der Waals surface area contributed by atoms with Crippen molar-refractivity contribution in [1.82, 2.24) is 19.1 Å². The number of benzene rings is 8. The molecule has 0 aliphatic heterocycles. The number of rotatable bonds is 3. The van der Waals surface area contributed by atoms with Crippen LogP contribution in [0.5, 0.6) is 0 Å². The van der Waals surface area contributed by atoms with Gasteiger partial charge in [-0.25, -0.2) is 9.97 Å². The fourth-order valence-corrected chi connectivity index (χ4v) is 8.64. The van der Waals surface area contributed by atoms with Gasteiger partial charge in [-0.3, -0.25) is 4.57 Å². The van der Waals surface area contributed by atoms with E-state index in [-0.39, 0.29) is 0 Å². The predicted molar refractivity (Wildman–Crippen MR) is 218 cm³/mol. The second kappa shape index (κ2) is 10.6. The Labute approximate surface area is 302 Å². The van der Waals surface area contributed by atoms with E-state index in [1.807, 2.05) is 18.2 Å². The molecule has 0 radical (unpaired) electrons. The summed E-state index contributed by atoms with van der Waals surface area (Å²) in [4.78, 5) is 10.8. The molecular formula is C48H28N4O. The average molecular weight is 677 g/mol. The second-order valence-electron chi connectivity index (χ2n) is 13.8. The van der Waals surface area contributed by atoms with E-state index in [0.717, 1.165) is 88.0 Å². The predicted octanol–water partition coefficient (Wildman–Crippen LogP) is 12.5. The molecule has 0 aliphatic rings. The van der Waals surface area contributed by atoms with E-state index < -0.39 is 0 Å². The summed E-state index contributed by atoms with van der Waals surface area (Å²) in [6.07, 6.45) is 0. The van der Waals surface area contributed by atoms with Crippen molar-refractivity contribution in [1.29, 1.82) is 0 Å². The van der Waals surface area contributed by atoms with Gasteiger partial charge in [0.15, 0.2) is 0 Å². The molecule has 0 saturated heterocycles. The van der Waals surface area contributed by atoms with Crippen LogP contribution in [0.25, 0.3) is 110 Å². The molecule has 0 amide bonds. The highest BCUT2D eigenvalue weighted by Crippen LogP contribution is 2.46. The molecule has 4 heterocycles. The van der Waals surface area contributed by atoms with Crippen LogP contribution < -0.4 is 0 Å². The smallest absolute Gasteiger partial charge is 0.235 e. The lowest BCUT2D eigenvalue weighted by atomic mass is 10.0. The fourth-order valence-electron chi connectivity index (χ4n) is 8.64. The van der Waals surface area contributed by atoms with Gasteiger partial charge in [-0.05, 0) is 59.3 Å². The van der Waals surface area contributed by atoms with E-state index in [2.05, 4.69) is 161 Å². The minimum absolute atomic E-state index is 0.629. The van der Waals surface area contributed by atoms with E-state index in [1.165, 1.54) is 16.2 Å². The van der Waals surface area contributed by atoms with Crippen molar-refractivity contribution in [3.05, 3.63) is 170 Å². The minimum Gasteiger partial charge on any atom is -0.456 e. The van der Waals surface area contributed by atoms with Gasteiger partial charge in [-0.15, -0.1) is 0 Å². The highest BCUT2D eigenvalue weighted by molar-refractivity contribution is 6.32. The molecule has 5 heteroatoms. The first-order chi connectivity index (χ1) is 26.3. The summed E-state index contributed by atoms with van der Waals surface area (Å²) < 4.78 is 11.2. The van der Waals surface area contributed by atoms with Crippen molar-refractivity contribution in [3.8, 4) is 22.9 Å². The summed E-state index contributed by atoms with van der Waals surface area (Å²) in [5.41, 5.74) is 10.1. The lowest BCUT2D eigenvalue weighted by Gasteiger charge is -2.12. The van der Waals surface area contributed by atoms with E-state index in [1.54, 1.807) is 0 Å². The number of furan rings is 1. The summed E-state index contributed by atoms with van der Waals surface area (Å²) in [5.74, 6) is 0.629. The van der Waals surface area contributed by atoms with Crippen molar-refractivity contribution >= 4 is 87.2 Å². The van der Waals surface area contributed by atoms with Crippen molar-refractivity contribution in [2.75, 3.05) is 0 Å². The van der Waals surface area contributed by atoms with Crippen LogP contribution in [0.4, 0.5) is 0 Å². The molecule has 12 rings (SSSR count). The van der Waals surface area contributed by atoms with Crippen LogP contribution >= 0.6 is 0 Å². The molecule has 0 saturated carbocycles. The second-order valence-corrected chi connectivity index (χ2v) is 13.8. The summed E-state index contributed by atoms with van der Waals surface area (Å²) in [7, 11) is 0. The Balaban J connectivity index is 1.30. The summed E-state index contributed by atoms with van der Waals surface area (Å²) in [6, 6.07) is 60.0. The van der Waals surface area contributed by atoms with Crippen LogP contribution in [0.1, 0.15) is 0 Å². The van der Waals surface area contributed by atoms with Gasteiger partial charge < -0.3 is 8.98 Å². The van der Waals surface area contributed by atoms with Crippen LogP contribution in [-0.4, -0.2) is 19.1 Å². The number of nitrogens with zero attached hydrogens (tertiary/aromatic N) is 4. The highest BCUT2D eigenvalue weighted by Gasteiger charge is 2.25. The Bertz CT molecular complexity index is 3460. The van der Waals surface area contributed by atoms with E-state index in [0.29, 0.717) is 5.95 Å². The zero-order chi connectivity index (χ0) is 34.6. The average Bonchev–Trinajstić information content (AvgIpc) is 3.88. The van der Waals surface area contributed by atoms with Gasteiger partial charge in [-0.2, -0.15) is 0 Å². The Morgan fingerprint density at radius 2 is 1.13 bits per heavy atom. The summed E-state index contributed by atoms with van der Waals surface area (Å²) in [6.45, 7) is 0. The molecular weight excluding hydrogens is 649 g/mol. The standard InChI is InChI=1S/C48H28N4O/c1-2-13-30(14-3-1)46-33-16-6-9-19-37(33)49-48(50-46)52-39-26-27-42-45(35-18-8-11-21-41(35)53-42)43(39)36-24-25-40-44(47(36)52)34-17-7-10-20-38(34)51(40)32-23-22-29-12-4-5-15-31(29)28-32/h1-28H. The van der Waals surface area contributed by atoms with E-state index >= 15 is 0 Å². The monoisotopic (exact) mass is 676 g/mol. The molecule has 5 nitrogen and oxygen atoms in total. The quantitative estimate of drug-likeness (QED) is 0.187. The molecule has 12 aromatic rings. The molecule has 0 bridgehead atoms. The maximum Gasteiger partial charge on any atom is 0.235 e. The molecule has 0 aliphatic carbocycles. The van der Waals surface area contributed by atoms with Crippen LogP contribution in [0, 0.1) is 0 Å². The van der Waals surface area contributed by atoms with Gasteiger partial charge in [-0.1, -0.05) is 121 Å². The Morgan fingerprint density at radius 1 is 0.415 bits per heavy atom. The Hall–Kier alpha value is -7.24. The minimum atomic E-state index is 0.629. The molecule has 0 N–H and O–H groups in total. The molecule has 0 unspecified atom stereocenters. The van der Waals surface area contributed by atoms with Gasteiger partial charge in [0.2, 0.25) is 5.95 Å². The first-order valence-electron chi connectivity index (χ1n) is 17.9. The van der Waals surface area contributed by atoms with Crippen molar-refractivity contribution in [2.24, 2.45) is 0 Å². The molecule has 246 valence electrons. The van der Waals surface area contributed by atoms with Gasteiger partial charge in [0.1, 0.15) is 11.2 Å². The SMILES string of the molecule is c1ccc(-c2nc(-n3c4ccc5oc6ccccc6c5c4c4ccc5c(c6ccccc6n5-c5ccc6ccccc6c5)c43)nc3ccccc23)cc1. The maximum absolute atomic E-state index is 6.47. The van der Waals surface area contributed by atoms with E-state index in [9.17, 15) is 0 Å². The number of para-hydroxylation sites is 3. The van der Waals surface area contributed by atoms with Crippen molar-refractivity contribution < 1.29 is 4.42 Å². The van der Waals surface area contributed by atoms with Crippen LogP contribution in [0.2, 0.25) is 0 Å². The third kappa shape index (κ3) is 3.96. The lowest BCUT2D eigenvalue weighted by molar-refractivity contribution is 0.669. The summed E-state index contributed by atoms with van der Waals surface area (Å²) in [5, 5.41) is 10.2. The van der Waals surface area contributed by atoms with Gasteiger partial charge >= 0.3 is 0 Å². The third-order valence-electron chi connectivity index (χ3n) is 10.9. The first-order valence-corrected chi connectivity index (χ1v) is 17.9. The Morgan fingerprint density at radius 3 is 2.04 bits per heavy atom. The van der Waals surface area contributed by atoms with Gasteiger partial charge in [0.25, 0.3) is 0 Å². The number of fused-ring (bicyclic) bond motifs is 13. The van der Waals surface area contributed by atoms with Gasteiger partial charge in [0, 0.05) is 49.0 Å². The van der Waals surface area contributed by atoms with Crippen LogP contribution in [-0.2, 0) is 0 Å². The number of aromatic nitrogens is 4. The van der Waals surface area contributed by atoms with Crippen molar-refractivity contribution in [3.63, 3.8) is 0 Å². The Kier molecular flexibility index (Phi) is 5.71. The zero-order valence-corrected chi connectivity index (χ0v) is 28.4. The topological polar surface area (TPSA) is 48.8 Å². The number of hydrogen-bond donors (Lipinski definition) is 0. The third-order valence-corrected chi connectivity index (χ3v) is 10.9. The molecule has 8 aromatic carbocycles. The maximum atomic E-state index is 6.47. The molecule has 0 spiro atoms. The first kappa shape index (κ1) is 28.5. The number of hydrogen-bond acceptors (Lipinski definition) is 3. The van der Waals surface area contributed by atoms with Crippen LogP contribution in [0.15, 0.2) is 174 Å². The normalized spacial score (nSPS) is 12.2. The highest BCUT2D eigenvalue weighted by atomic mass is 16.3. The largest absolute Gasteiger partial charge is 0.456 e. The molecule has 4 aromatic heterocycles. The summed E-state index contributed by atoms with van der Waals surface area (Å²) >= 11 is 0. The lowest BCUT2D eigenvalue weighted by Crippen LogP contribution is -2.03. The molecule has 0 fully saturated rings.